The van der Waals surface area contributed by atoms with Crippen molar-refractivity contribution in [3.05, 3.63) is 33.8 Å². The van der Waals surface area contributed by atoms with E-state index in [1.165, 1.54) is 0 Å². The monoisotopic (exact) mass is 369 g/mol. The predicted octanol–water partition coefficient (Wildman–Crippen LogP) is 3.59. The number of halogens is 1. The highest BCUT2D eigenvalue weighted by atomic mass is 79.9. The van der Waals surface area contributed by atoms with Crippen LogP contribution >= 0.6 is 15.9 Å². The van der Waals surface area contributed by atoms with Gasteiger partial charge >= 0.3 is 12.1 Å². The summed E-state index contributed by atoms with van der Waals surface area (Å²) in [6.45, 7) is 5.23. The van der Waals surface area contributed by atoms with E-state index in [-0.39, 0.29) is 0 Å². The van der Waals surface area contributed by atoms with Crippen LogP contribution in [0.15, 0.2) is 22.7 Å². The number of hydrogen-bond donors (Lipinski definition) is 2. The molecule has 6 heteroatoms. The Labute approximate surface area is 138 Å². The highest BCUT2D eigenvalue weighted by molar-refractivity contribution is 9.10. The van der Waals surface area contributed by atoms with Crippen molar-refractivity contribution < 1.29 is 19.4 Å². The molecule has 1 unspecified atom stereocenters. The van der Waals surface area contributed by atoms with E-state index < -0.39 is 23.2 Å². The van der Waals surface area contributed by atoms with Gasteiger partial charge in [0.2, 0.25) is 0 Å². The average Bonchev–Trinajstić information content (AvgIpc) is 2.35. The van der Waals surface area contributed by atoms with Gasteiger partial charge in [0.15, 0.2) is 5.54 Å². The molecule has 0 bridgehead atoms. The number of carboxylic acids is 1. The summed E-state index contributed by atoms with van der Waals surface area (Å²) in [7, 11) is 0. The number of alkyl carbamates (subject to hydrolysis) is 1. The van der Waals surface area contributed by atoms with Gasteiger partial charge in [-0.2, -0.15) is 0 Å². The van der Waals surface area contributed by atoms with E-state index in [0.29, 0.717) is 18.4 Å². The van der Waals surface area contributed by atoms with Crippen LogP contribution in [0.4, 0.5) is 4.79 Å². The molecule has 1 aromatic carbocycles. The summed E-state index contributed by atoms with van der Waals surface area (Å²) in [5, 5.41) is 12.4. The summed E-state index contributed by atoms with van der Waals surface area (Å²) >= 11 is 3.40. The van der Waals surface area contributed by atoms with Gasteiger partial charge in [-0.25, -0.2) is 9.59 Å². The van der Waals surface area contributed by atoms with Crippen LogP contribution in [-0.4, -0.2) is 22.8 Å². The zero-order chi connectivity index (χ0) is 16.5. The van der Waals surface area contributed by atoms with Crippen LogP contribution in [0.25, 0.3) is 0 Å². The number of fused-ring (bicyclic) bond motifs is 1. The van der Waals surface area contributed by atoms with Crippen molar-refractivity contribution in [2.45, 2.75) is 51.2 Å². The lowest BCUT2D eigenvalue weighted by atomic mass is 9.76. The third-order valence-corrected chi connectivity index (χ3v) is 4.10. The third kappa shape index (κ3) is 3.43. The molecule has 1 amide bonds. The first kappa shape index (κ1) is 16.8. The van der Waals surface area contributed by atoms with Crippen molar-refractivity contribution in [3.8, 4) is 0 Å². The number of benzene rings is 1. The molecule has 2 N–H and O–H groups in total. The van der Waals surface area contributed by atoms with Crippen LogP contribution in [-0.2, 0) is 21.5 Å². The molecule has 0 fully saturated rings. The fourth-order valence-corrected chi connectivity index (χ4v) is 3.16. The minimum Gasteiger partial charge on any atom is -0.479 e. The van der Waals surface area contributed by atoms with Crippen LogP contribution in [0.2, 0.25) is 0 Å². The Hall–Kier alpha value is -1.56. The van der Waals surface area contributed by atoms with Gasteiger partial charge in [0.05, 0.1) is 0 Å². The SMILES string of the molecule is CC(C)(C)OC(=O)NC1(C(=O)O)CCCc2cc(Br)ccc21. The van der Waals surface area contributed by atoms with Gasteiger partial charge in [0, 0.05) is 4.47 Å². The molecule has 5 nitrogen and oxygen atoms in total. The molecule has 1 aliphatic carbocycles. The number of aliphatic carboxylic acids is 1. The van der Waals surface area contributed by atoms with Crippen molar-refractivity contribution in [3.63, 3.8) is 0 Å². The fraction of sp³-hybridized carbons (Fsp3) is 0.500. The van der Waals surface area contributed by atoms with Crippen LogP contribution in [0.1, 0.15) is 44.7 Å². The van der Waals surface area contributed by atoms with Crippen LogP contribution in [0.3, 0.4) is 0 Å². The zero-order valence-electron chi connectivity index (χ0n) is 12.9. The minimum atomic E-state index is -1.43. The standard InChI is InChI=1S/C16H20BrNO4/c1-15(2,3)22-14(21)18-16(13(19)20)8-4-5-10-9-11(17)6-7-12(10)16/h6-7,9H,4-5,8H2,1-3H3,(H,18,21)(H,19,20). The number of aryl methyl sites for hydroxylation is 1. The lowest BCUT2D eigenvalue weighted by Gasteiger charge is -2.36. The Morgan fingerprint density at radius 1 is 1.36 bits per heavy atom. The Kier molecular flexibility index (Phi) is 4.52. The largest absolute Gasteiger partial charge is 0.479 e. The summed E-state index contributed by atoms with van der Waals surface area (Å²) in [6, 6.07) is 5.45. The number of carbonyl (C=O) groups excluding carboxylic acids is 1. The normalized spacial score (nSPS) is 20.9. The van der Waals surface area contributed by atoms with E-state index in [1.807, 2.05) is 6.07 Å². The Bertz CT molecular complexity index is 609. The molecule has 0 aromatic heterocycles. The quantitative estimate of drug-likeness (QED) is 0.834. The molecule has 0 spiro atoms. The van der Waals surface area contributed by atoms with Gasteiger partial charge in [-0.3, -0.25) is 0 Å². The second-order valence-corrected chi connectivity index (χ2v) is 7.41. The van der Waals surface area contributed by atoms with E-state index in [0.717, 1.165) is 16.5 Å². The van der Waals surface area contributed by atoms with Crippen molar-refractivity contribution in [2.24, 2.45) is 0 Å². The highest BCUT2D eigenvalue weighted by Gasteiger charge is 2.45. The van der Waals surface area contributed by atoms with Gasteiger partial charge in [-0.15, -0.1) is 0 Å². The second-order valence-electron chi connectivity index (χ2n) is 6.49. The summed E-state index contributed by atoms with van der Waals surface area (Å²) in [5.41, 5.74) is -0.558. The predicted molar refractivity (Wildman–Crippen MR) is 85.8 cm³/mol. The number of ether oxygens (including phenoxy) is 1. The van der Waals surface area contributed by atoms with E-state index in [1.54, 1.807) is 32.9 Å². The molecule has 0 radical (unpaired) electrons. The first-order valence-electron chi connectivity index (χ1n) is 7.17. The molecule has 1 atom stereocenters. The lowest BCUT2D eigenvalue weighted by molar-refractivity contribution is -0.146. The topological polar surface area (TPSA) is 75.6 Å². The van der Waals surface area contributed by atoms with Gasteiger partial charge in [-0.1, -0.05) is 22.0 Å². The molecule has 120 valence electrons. The van der Waals surface area contributed by atoms with E-state index in [2.05, 4.69) is 21.2 Å². The Morgan fingerprint density at radius 2 is 2.05 bits per heavy atom. The van der Waals surface area contributed by atoms with Crippen LogP contribution in [0.5, 0.6) is 0 Å². The maximum Gasteiger partial charge on any atom is 0.408 e. The van der Waals surface area contributed by atoms with Crippen molar-refractivity contribution in [1.29, 1.82) is 0 Å². The third-order valence-electron chi connectivity index (χ3n) is 3.60. The molecular formula is C16H20BrNO4. The van der Waals surface area contributed by atoms with E-state index >= 15 is 0 Å². The zero-order valence-corrected chi connectivity index (χ0v) is 14.5. The van der Waals surface area contributed by atoms with Gasteiger partial charge in [0.25, 0.3) is 0 Å². The van der Waals surface area contributed by atoms with Gasteiger partial charge < -0.3 is 15.2 Å². The minimum absolute atomic E-state index is 0.343. The molecule has 22 heavy (non-hydrogen) atoms. The number of rotatable bonds is 2. The molecular weight excluding hydrogens is 350 g/mol. The number of amides is 1. The van der Waals surface area contributed by atoms with Crippen molar-refractivity contribution >= 4 is 28.0 Å². The smallest absolute Gasteiger partial charge is 0.408 e. The molecule has 0 heterocycles. The highest BCUT2D eigenvalue weighted by Crippen LogP contribution is 2.37. The van der Waals surface area contributed by atoms with Crippen molar-refractivity contribution in [1.82, 2.24) is 5.32 Å². The molecule has 2 rings (SSSR count). The number of carboxylic acid groups (broad SMARTS) is 1. The number of nitrogens with one attached hydrogen (secondary N) is 1. The molecule has 1 aromatic rings. The van der Waals surface area contributed by atoms with E-state index in [9.17, 15) is 14.7 Å². The molecule has 0 aliphatic heterocycles. The summed E-state index contributed by atoms with van der Waals surface area (Å²) in [4.78, 5) is 24.1. The Morgan fingerprint density at radius 3 is 2.64 bits per heavy atom. The summed E-state index contributed by atoms with van der Waals surface area (Å²) in [6.07, 6.45) is 1.10. The molecule has 1 aliphatic rings. The first-order chi connectivity index (χ1) is 10.1. The lowest BCUT2D eigenvalue weighted by Crippen LogP contribution is -2.54. The molecule has 0 saturated heterocycles. The number of carbonyl (C=O) groups is 2. The van der Waals surface area contributed by atoms with E-state index in [4.69, 9.17) is 4.74 Å². The average molecular weight is 370 g/mol. The number of hydrogen-bond acceptors (Lipinski definition) is 3. The Balaban J connectivity index is 2.39. The van der Waals surface area contributed by atoms with Gasteiger partial charge in [0.1, 0.15) is 5.60 Å². The summed E-state index contributed by atoms with van der Waals surface area (Å²) in [5.74, 6) is -1.07. The van der Waals surface area contributed by atoms with Gasteiger partial charge in [-0.05, 0) is 63.3 Å². The second kappa shape index (κ2) is 5.91. The maximum atomic E-state index is 12.1. The summed E-state index contributed by atoms with van der Waals surface area (Å²) < 4.78 is 6.13. The maximum absolute atomic E-state index is 12.1. The first-order valence-corrected chi connectivity index (χ1v) is 7.97. The van der Waals surface area contributed by atoms with Crippen LogP contribution in [0, 0.1) is 0 Å². The van der Waals surface area contributed by atoms with Crippen LogP contribution < -0.4 is 5.32 Å². The van der Waals surface area contributed by atoms with Crippen molar-refractivity contribution in [2.75, 3.05) is 0 Å². The molecule has 0 saturated carbocycles. The fourth-order valence-electron chi connectivity index (χ4n) is 2.75.